The molecule has 2 aromatic carbocycles. The Labute approximate surface area is 187 Å². The number of quaternary nitrogens is 1. The highest BCUT2D eigenvalue weighted by atomic mass is 35.5. The molecule has 10 nitrogen and oxygen atoms in total. The maximum absolute atomic E-state index is 12.6. The SMILES string of the molecule is Nc1cc(O)c(NC(=O)C[N+]2(CC(=O)Nc3cc(Cl)c(N)cc3O)C=C[NH+]=C2)cc1Cl. The molecule has 12 heteroatoms. The molecule has 0 bridgehead atoms. The van der Waals surface area contributed by atoms with E-state index >= 15 is 0 Å². The Morgan fingerprint density at radius 1 is 0.903 bits per heavy atom. The molecule has 1 aliphatic rings. The number of phenols is 2. The number of anilines is 4. The first kappa shape index (κ1) is 22.2. The van der Waals surface area contributed by atoms with Gasteiger partial charge in [-0.1, -0.05) is 23.2 Å². The van der Waals surface area contributed by atoms with Gasteiger partial charge in [0, 0.05) is 12.1 Å². The highest BCUT2D eigenvalue weighted by molar-refractivity contribution is 6.34. The highest BCUT2D eigenvalue weighted by Crippen LogP contribution is 2.33. The molecule has 0 fully saturated rings. The number of nitrogen functional groups attached to an aromatic ring is 2. The zero-order chi connectivity index (χ0) is 22.8. The Morgan fingerprint density at radius 2 is 1.35 bits per heavy atom. The van der Waals surface area contributed by atoms with E-state index < -0.39 is 11.8 Å². The molecule has 31 heavy (non-hydrogen) atoms. The molecule has 162 valence electrons. The number of aromatic hydroxyl groups is 2. The number of benzene rings is 2. The minimum atomic E-state index is -0.494. The van der Waals surface area contributed by atoms with E-state index in [2.05, 4.69) is 15.6 Å². The van der Waals surface area contributed by atoms with Crippen LogP contribution in [-0.4, -0.2) is 45.9 Å². The molecule has 0 saturated heterocycles. The van der Waals surface area contributed by atoms with Crippen molar-refractivity contribution in [1.82, 2.24) is 0 Å². The van der Waals surface area contributed by atoms with Crippen LogP contribution in [0.4, 0.5) is 22.7 Å². The number of hydrogen-bond acceptors (Lipinski definition) is 6. The molecule has 3 rings (SSSR count). The van der Waals surface area contributed by atoms with E-state index in [1.165, 1.54) is 24.3 Å². The zero-order valence-electron chi connectivity index (χ0n) is 16.0. The first-order valence-electron chi connectivity index (χ1n) is 8.89. The number of nitrogens with two attached hydrogens (primary N) is 2. The van der Waals surface area contributed by atoms with Crippen LogP contribution in [0.3, 0.4) is 0 Å². The molecular weight excluding hydrogens is 447 g/mol. The van der Waals surface area contributed by atoms with Gasteiger partial charge in [-0.25, -0.2) is 0 Å². The van der Waals surface area contributed by atoms with Gasteiger partial charge in [-0.15, -0.1) is 0 Å². The Balaban J connectivity index is 1.71. The van der Waals surface area contributed by atoms with Crippen molar-refractivity contribution in [1.29, 1.82) is 0 Å². The summed E-state index contributed by atoms with van der Waals surface area (Å²) >= 11 is 11.9. The maximum atomic E-state index is 12.6. The number of phenolic OH excluding ortho intramolecular Hbond substituents is 2. The second-order valence-electron chi connectivity index (χ2n) is 6.91. The van der Waals surface area contributed by atoms with Crippen molar-refractivity contribution in [3.05, 3.63) is 46.7 Å². The predicted octanol–water partition coefficient (Wildman–Crippen LogP) is 0.557. The second-order valence-corrected chi connectivity index (χ2v) is 7.72. The Kier molecular flexibility index (Phi) is 6.25. The molecule has 0 saturated carbocycles. The average molecular weight is 467 g/mol. The van der Waals surface area contributed by atoms with E-state index in [-0.39, 0.29) is 61.9 Å². The molecule has 0 aliphatic carbocycles. The summed E-state index contributed by atoms with van der Waals surface area (Å²) in [5, 5.41) is 25.4. The van der Waals surface area contributed by atoms with Gasteiger partial charge in [-0.05, 0) is 12.1 Å². The summed E-state index contributed by atoms with van der Waals surface area (Å²) < 4.78 is -0.176. The van der Waals surface area contributed by atoms with Crippen molar-refractivity contribution in [3.63, 3.8) is 0 Å². The maximum Gasteiger partial charge on any atom is 0.336 e. The number of carbonyl (C=O) groups is 2. The van der Waals surface area contributed by atoms with Gasteiger partial charge in [0.1, 0.15) is 11.5 Å². The molecule has 9 N–H and O–H groups in total. The molecule has 0 spiro atoms. The van der Waals surface area contributed by atoms with Gasteiger partial charge < -0.3 is 32.3 Å². The van der Waals surface area contributed by atoms with Crippen LogP contribution in [0.5, 0.6) is 11.5 Å². The standard InChI is InChI=1S/C19H18Cl2N6O4/c20-10-3-14(16(28)5-12(10)22)25-18(30)7-27(2-1-24-9-27)8-19(31)26-15-4-11(21)13(23)6-17(15)29/h1-6,9H,7-8,22-23H2,(H3-,25,26,28,29,30,31)/p+2. The quantitative estimate of drug-likeness (QED) is 0.186. The van der Waals surface area contributed by atoms with Crippen LogP contribution < -0.4 is 27.1 Å². The monoisotopic (exact) mass is 466 g/mol. The van der Waals surface area contributed by atoms with E-state index in [0.29, 0.717) is 0 Å². The fourth-order valence-electron chi connectivity index (χ4n) is 2.95. The largest absolute Gasteiger partial charge is 0.506 e. The van der Waals surface area contributed by atoms with Crippen LogP contribution in [0.25, 0.3) is 0 Å². The number of rotatable bonds is 6. The zero-order valence-corrected chi connectivity index (χ0v) is 17.5. The predicted molar refractivity (Wildman–Crippen MR) is 118 cm³/mol. The number of carbonyl (C=O) groups excluding carboxylic acids is 2. The van der Waals surface area contributed by atoms with Crippen LogP contribution in [0.2, 0.25) is 10.0 Å². The lowest BCUT2D eigenvalue weighted by Crippen LogP contribution is -2.64. The topological polar surface area (TPSA) is 165 Å². The van der Waals surface area contributed by atoms with Crippen LogP contribution in [0.1, 0.15) is 0 Å². The van der Waals surface area contributed by atoms with Gasteiger partial charge in [-0.2, -0.15) is 9.48 Å². The van der Waals surface area contributed by atoms with E-state index in [9.17, 15) is 19.8 Å². The fourth-order valence-corrected chi connectivity index (χ4v) is 3.28. The van der Waals surface area contributed by atoms with Gasteiger partial charge in [-0.3, -0.25) is 9.59 Å². The number of halogens is 2. The van der Waals surface area contributed by atoms with Crippen LogP contribution in [-0.2, 0) is 9.59 Å². The summed E-state index contributed by atoms with van der Waals surface area (Å²) in [6.45, 7) is -0.348. The molecule has 2 aromatic rings. The summed E-state index contributed by atoms with van der Waals surface area (Å²) in [4.78, 5) is 28.0. The Hall–Kier alpha value is -3.47. The van der Waals surface area contributed by atoms with Crippen LogP contribution in [0, 0.1) is 0 Å². The lowest BCUT2D eigenvalue weighted by Gasteiger charge is -2.23. The molecule has 1 aliphatic heterocycles. The molecule has 0 radical (unpaired) electrons. The summed E-state index contributed by atoms with van der Waals surface area (Å²) in [6, 6.07) is 5.11. The second kappa shape index (κ2) is 8.72. The first-order valence-corrected chi connectivity index (χ1v) is 9.64. The molecular formula is C19H20Cl2N6O4+2. The minimum Gasteiger partial charge on any atom is -0.506 e. The highest BCUT2D eigenvalue weighted by Gasteiger charge is 2.36. The molecule has 1 heterocycles. The van der Waals surface area contributed by atoms with Crippen molar-refractivity contribution in [2.45, 2.75) is 0 Å². The van der Waals surface area contributed by atoms with Crippen molar-refractivity contribution >= 4 is 64.1 Å². The van der Waals surface area contributed by atoms with Crippen LogP contribution >= 0.6 is 23.2 Å². The number of amides is 2. The summed E-state index contributed by atoms with van der Waals surface area (Å²) in [5.74, 6) is -1.47. The van der Waals surface area contributed by atoms with Crippen molar-refractivity contribution in [2.24, 2.45) is 0 Å². The van der Waals surface area contributed by atoms with Gasteiger partial charge in [0.05, 0.1) is 32.8 Å². The molecule has 0 aromatic heterocycles. The lowest BCUT2D eigenvalue weighted by atomic mass is 10.2. The summed E-state index contributed by atoms with van der Waals surface area (Å²) in [7, 11) is 0. The molecule has 0 unspecified atom stereocenters. The third-order valence-corrected chi connectivity index (χ3v) is 5.11. The Bertz CT molecular complexity index is 1030. The summed E-state index contributed by atoms with van der Waals surface area (Å²) in [5.41, 5.74) is 11.7. The number of nitrogens with one attached hydrogen (secondary N) is 3. The van der Waals surface area contributed by atoms with Crippen molar-refractivity contribution < 1.29 is 29.3 Å². The average Bonchev–Trinajstić information content (AvgIpc) is 3.11. The van der Waals surface area contributed by atoms with Gasteiger partial charge >= 0.3 is 6.34 Å². The van der Waals surface area contributed by atoms with Gasteiger partial charge in [0.15, 0.2) is 19.3 Å². The smallest absolute Gasteiger partial charge is 0.336 e. The van der Waals surface area contributed by atoms with Gasteiger partial charge in [0.2, 0.25) is 6.20 Å². The van der Waals surface area contributed by atoms with E-state index in [1.54, 1.807) is 18.7 Å². The minimum absolute atomic E-state index is 0.0874. The third kappa shape index (κ3) is 5.18. The lowest BCUT2D eigenvalue weighted by molar-refractivity contribution is -0.770. The van der Waals surface area contributed by atoms with Crippen molar-refractivity contribution in [3.8, 4) is 11.5 Å². The van der Waals surface area contributed by atoms with Crippen molar-refractivity contribution in [2.75, 3.05) is 35.2 Å². The van der Waals surface area contributed by atoms with E-state index in [0.717, 1.165) is 0 Å². The summed E-state index contributed by atoms with van der Waals surface area (Å²) in [6.07, 6.45) is 4.74. The van der Waals surface area contributed by atoms with Crippen LogP contribution in [0.15, 0.2) is 36.7 Å². The van der Waals surface area contributed by atoms with E-state index in [4.69, 9.17) is 34.7 Å². The fraction of sp³-hybridized carbons (Fsp3) is 0.105. The number of nitrogens with zero attached hydrogens (tertiary/aromatic N) is 1. The molecule has 2 amide bonds. The third-order valence-electron chi connectivity index (χ3n) is 4.45. The first-order chi connectivity index (χ1) is 14.6. The van der Waals surface area contributed by atoms with E-state index in [1.807, 2.05) is 0 Å². The molecule has 0 atom stereocenters. The number of hydrogen-bond donors (Lipinski definition) is 7. The Morgan fingerprint density at radius 3 is 1.74 bits per heavy atom. The normalized spacial score (nSPS) is 13.9. The van der Waals surface area contributed by atoms with Gasteiger partial charge in [0.25, 0.3) is 11.8 Å².